The summed E-state index contributed by atoms with van der Waals surface area (Å²) in [5.74, 6) is -0.681. The molecule has 2 aromatic rings. The predicted molar refractivity (Wildman–Crippen MR) is 85.7 cm³/mol. The van der Waals surface area contributed by atoms with Crippen molar-refractivity contribution in [3.8, 4) is 0 Å². The average molecular weight is 343 g/mol. The van der Waals surface area contributed by atoms with Crippen molar-refractivity contribution in [1.82, 2.24) is 0 Å². The topological polar surface area (TPSA) is 49.4 Å². The Morgan fingerprint density at radius 2 is 1.48 bits per heavy atom. The first-order chi connectivity index (χ1) is 10.1. The minimum Gasteiger partial charge on any atom is -0.356 e. The number of imide groups is 1. The second-order valence-corrected chi connectivity index (χ2v) is 5.36. The predicted octanol–water partition coefficient (Wildman–Crippen LogP) is 3.58. The second-order valence-electron chi connectivity index (χ2n) is 4.51. The number of carbonyl (C=O) groups excluding carboxylic acids is 2. The van der Waals surface area contributed by atoms with Crippen LogP contribution in [0, 0.1) is 0 Å². The summed E-state index contributed by atoms with van der Waals surface area (Å²) >= 11 is 3.08. The molecule has 3 rings (SSSR count). The molecule has 1 heterocycles. The number of rotatable bonds is 3. The SMILES string of the molecule is O=C1C=C(Br)C(=O)N1c1ccc(Nc2ccccc2)cc1. The van der Waals surface area contributed by atoms with E-state index in [1.54, 1.807) is 12.1 Å². The van der Waals surface area contributed by atoms with Gasteiger partial charge >= 0.3 is 0 Å². The van der Waals surface area contributed by atoms with Gasteiger partial charge < -0.3 is 5.32 Å². The fraction of sp³-hybridized carbons (Fsp3) is 0. The van der Waals surface area contributed by atoms with E-state index in [2.05, 4.69) is 21.2 Å². The zero-order valence-electron chi connectivity index (χ0n) is 10.9. The zero-order chi connectivity index (χ0) is 14.8. The number of hydrogen-bond donors (Lipinski definition) is 1. The summed E-state index contributed by atoms with van der Waals surface area (Å²) in [6, 6.07) is 16.9. The lowest BCUT2D eigenvalue weighted by Crippen LogP contribution is -2.30. The number of nitrogens with one attached hydrogen (secondary N) is 1. The van der Waals surface area contributed by atoms with Gasteiger partial charge in [0.1, 0.15) is 0 Å². The fourth-order valence-corrected chi connectivity index (χ4v) is 2.44. The van der Waals surface area contributed by atoms with Gasteiger partial charge in [-0.25, -0.2) is 4.90 Å². The lowest BCUT2D eigenvalue weighted by atomic mass is 10.2. The maximum atomic E-state index is 11.9. The Morgan fingerprint density at radius 1 is 0.857 bits per heavy atom. The van der Waals surface area contributed by atoms with Gasteiger partial charge in [-0.2, -0.15) is 0 Å². The molecule has 21 heavy (non-hydrogen) atoms. The van der Waals surface area contributed by atoms with Crippen molar-refractivity contribution < 1.29 is 9.59 Å². The third kappa shape index (κ3) is 2.73. The number of anilines is 3. The van der Waals surface area contributed by atoms with Crippen molar-refractivity contribution >= 4 is 44.8 Å². The Balaban J connectivity index is 1.79. The quantitative estimate of drug-likeness (QED) is 0.867. The van der Waals surface area contributed by atoms with Crippen LogP contribution in [0.25, 0.3) is 0 Å². The Hall–Kier alpha value is -2.40. The maximum absolute atomic E-state index is 11.9. The van der Waals surface area contributed by atoms with E-state index in [9.17, 15) is 9.59 Å². The van der Waals surface area contributed by atoms with Crippen LogP contribution in [0.3, 0.4) is 0 Å². The van der Waals surface area contributed by atoms with Crippen LogP contribution in [-0.2, 0) is 9.59 Å². The molecular formula is C16H11BrN2O2. The Labute approximate surface area is 130 Å². The van der Waals surface area contributed by atoms with E-state index in [1.807, 2.05) is 42.5 Å². The molecule has 0 aliphatic carbocycles. The highest BCUT2D eigenvalue weighted by Crippen LogP contribution is 2.27. The number of halogens is 1. The summed E-state index contributed by atoms with van der Waals surface area (Å²) in [5.41, 5.74) is 2.41. The molecule has 2 aromatic carbocycles. The van der Waals surface area contributed by atoms with E-state index in [0.717, 1.165) is 16.3 Å². The Morgan fingerprint density at radius 3 is 2.05 bits per heavy atom. The van der Waals surface area contributed by atoms with Gasteiger partial charge in [-0.05, 0) is 52.3 Å². The number of para-hydroxylation sites is 1. The zero-order valence-corrected chi connectivity index (χ0v) is 12.5. The monoisotopic (exact) mass is 342 g/mol. The third-order valence-corrected chi connectivity index (χ3v) is 3.63. The van der Waals surface area contributed by atoms with Gasteiger partial charge in [0.25, 0.3) is 11.8 Å². The smallest absolute Gasteiger partial charge is 0.272 e. The molecule has 0 spiro atoms. The van der Waals surface area contributed by atoms with Crippen molar-refractivity contribution in [3.05, 3.63) is 65.2 Å². The van der Waals surface area contributed by atoms with Crippen LogP contribution >= 0.6 is 15.9 Å². The molecule has 0 aromatic heterocycles. The summed E-state index contributed by atoms with van der Waals surface area (Å²) in [7, 11) is 0. The third-order valence-electron chi connectivity index (χ3n) is 3.07. The van der Waals surface area contributed by atoms with Crippen LogP contribution in [-0.4, -0.2) is 11.8 Å². The number of benzene rings is 2. The summed E-state index contributed by atoms with van der Waals surface area (Å²) in [6.07, 6.45) is 1.28. The minimum atomic E-state index is -0.344. The number of amides is 2. The van der Waals surface area contributed by atoms with Gasteiger partial charge in [-0.15, -0.1) is 0 Å². The fourth-order valence-electron chi connectivity index (χ4n) is 2.07. The first-order valence-corrected chi connectivity index (χ1v) is 7.12. The van der Waals surface area contributed by atoms with Crippen molar-refractivity contribution in [3.63, 3.8) is 0 Å². The van der Waals surface area contributed by atoms with E-state index in [1.165, 1.54) is 6.08 Å². The van der Waals surface area contributed by atoms with E-state index in [-0.39, 0.29) is 16.3 Å². The highest BCUT2D eigenvalue weighted by molar-refractivity contribution is 9.12. The lowest BCUT2D eigenvalue weighted by Gasteiger charge is -2.15. The average Bonchev–Trinajstić information content (AvgIpc) is 2.74. The van der Waals surface area contributed by atoms with Crippen molar-refractivity contribution in [2.24, 2.45) is 0 Å². The highest BCUT2D eigenvalue weighted by Gasteiger charge is 2.30. The van der Waals surface area contributed by atoms with Crippen LogP contribution in [0.15, 0.2) is 65.2 Å². The van der Waals surface area contributed by atoms with Gasteiger partial charge in [0, 0.05) is 17.5 Å². The molecular weight excluding hydrogens is 332 g/mol. The van der Waals surface area contributed by atoms with Crippen LogP contribution in [0.2, 0.25) is 0 Å². The first kappa shape index (κ1) is 13.6. The largest absolute Gasteiger partial charge is 0.356 e. The number of carbonyl (C=O) groups is 2. The molecule has 5 heteroatoms. The molecule has 0 saturated heterocycles. The summed E-state index contributed by atoms with van der Waals surface area (Å²) < 4.78 is 0.277. The molecule has 1 aliphatic rings. The van der Waals surface area contributed by atoms with Crippen molar-refractivity contribution in [1.29, 1.82) is 0 Å². The minimum absolute atomic E-state index is 0.277. The standard InChI is InChI=1S/C16H11BrN2O2/c17-14-10-15(20)19(16(14)21)13-8-6-12(7-9-13)18-11-4-2-1-3-5-11/h1-10,18H. The molecule has 1 N–H and O–H groups in total. The summed E-state index contributed by atoms with van der Waals surface area (Å²) in [4.78, 5) is 24.8. The van der Waals surface area contributed by atoms with Gasteiger partial charge in [0.15, 0.2) is 0 Å². The lowest BCUT2D eigenvalue weighted by molar-refractivity contribution is -0.120. The molecule has 0 atom stereocenters. The Kier molecular flexibility index (Phi) is 3.58. The van der Waals surface area contributed by atoms with Crippen molar-refractivity contribution in [2.75, 3.05) is 10.2 Å². The molecule has 0 fully saturated rings. The van der Waals surface area contributed by atoms with E-state index in [4.69, 9.17) is 0 Å². The van der Waals surface area contributed by atoms with Crippen molar-refractivity contribution in [2.45, 2.75) is 0 Å². The van der Waals surface area contributed by atoms with Crippen LogP contribution in [0.5, 0.6) is 0 Å². The molecule has 0 bridgehead atoms. The number of nitrogens with zero attached hydrogens (tertiary/aromatic N) is 1. The van der Waals surface area contributed by atoms with Crippen LogP contribution < -0.4 is 10.2 Å². The van der Waals surface area contributed by atoms with Gasteiger partial charge in [-0.3, -0.25) is 9.59 Å². The maximum Gasteiger partial charge on any atom is 0.272 e. The molecule has 4 nitrogen and oxygen atoms in total. The molecule has 104 valence electrons. The van der Waals surface area contributed by atoms with E-state index < -0.39 is 0 Å². The normalized spacial score (nSPS) is 14.3. The van der Waals surface area contributed by atoms with Gasteiger partial charge in [0.2, 0.25) is 0 Å². The highest BCUT2D eigenvalue weighted by atomic mass is 79.9. The molecule has 1 aliphatic heterocycles. The Bertz CT molecular complexity index is 724. The van der Waals surface area contributed by atoms with E-state index in [0.29, 0.717) is 5.69 Å². The molecule has 2 amide bonds. The summed E-state index contributed by atoms with van der Waals surface area (Å²) in [6.45, 7) is 0. The summed E-state index contributed by atoms with van der Waals surface area (Å²) in [5, 5.41) is 3.24. The van der Waals surface area contributed by atoms with Gasteiger partial charge in [-0.1, -0.05) is 18.2 Å². The number of hydrogen-bond acceptors (Lipinski definition) is 3. The van der Waals surface area contributed by atoms with Crippen LogP contribution in [0.4, 0.5) is 17.1 Å². The van der Waals surface area contributed by atoms with E-state index >= 15 is 0 Å². The van der Waals surface area contributed by atoms with Crippen LogP contribution in [0.1, 0.15) is 0 Å². The first-order valence-electron chi connectivity index (χ1n) is 6.33. The molecule has 0 unspecified atom stereocenters. The molecule has 0 saturated carbocycles. The van der Waals surface area contributed by atoms with Gasteiger partial charge in [0.05, 0.1) is 10.2 Å². The molecule has 0 radical (unpaired) electrons. The second kappa shape index (κ2) is 5.54.